The molecule has 0 heterocycles. The molecule has 0 aromatic heterocycles. The highest BCUT2D eigenvalue weighted by Gasteiger charge is 2.34. The van der Waals surface area contributed by atoms with Crippen molar-refractivity contribution in [3.63, 3.8) is 0 Å². The van der Waals surface area contributed by atoms with Crippen molar-refractivity contribution in [2.75, 3.05) is 14.2 Å². The van der Waals surface area contributed by atoms with Gasteiger partial charge >= 0.3 is 11.9 Å². The summed E-state index contributed by atoms with van der Waals surface area (Å²) < 4.78 is 40.6. The van der Waals surface area contributed by atoms with E-state index in [1.807, 2.05) is 0 Å². The normalized spacial score (nSPS) is 11.1. The van der Waals surface area contributed by atoms with Crippen LogP contribution in [0, 0.1) is 0 Å². The van der Waals surface area contributed by atoms with Gasteiger partial charge in [-0.3, -0.25) is 4.55 Å². The van der Waals surface area contributed by atoms with Crippen molar-refractivity contribution >= 4 is 56.9 Å². The zero-order valence-corrected chi connectivity index (χ0v) is 13.5. The van der Waals surface area contributed by atoms with E-state index in [0.717, 1.165) is 14.2 Å². The number of halogens is 3. The number of benzene rings is 1. The number of esters is 2. The molecular weight excluding hydrogens is 371 g/mol. The molecule has 0 bridgehead atoms. The number of ether oxygens (including phenoxy) is 2. The summed E-state index contributed by atoms with van der Waals surface area (Å²) in [6.45, 7) is 0. The quantitative estimate of drug-likeness (QED) is 0.637. The minimum atomic E-state index is -4.95. The molecule has 0 unspecified atom stereocenters. The highest BCUT2D eigenvalue weighted by atomic mass is 35.5. The minimum Gasteiger partial charge on any atom is -0.465 e. The maximum absolute atomic E-state index is 11.6. The van der Waals surface area contributed by atoms with Crippen molar-refractivity contribution in [2.24, 2.45) is 0 Å². The van der Waals surface area contributed by atoms with E-state index in [2.05, 4.69) is 9.47 Å². The first-order chi connectivity index (χ1) is 9.57. The summed E-state index contributed by atoms with van der Waals surface area (Å²) in [7, 11) is -2.99. The lowest BCUT2D eigenvalue weighted by atomic mass is 10.1. The van der Waals surface area contributed by atoms with Crippen LogP contribution in [0.2, 0.25) is 15.1 Å². The molecule has 1 aromatic rings. The second kappa shape index (κ2) is 6.37. The zero-order valence-electron chi connectivity index (χ0n) is 10.4. The molecule has 0 fully saturated rings. The third-order valence-corrected chi connectivity index (χ3v) is 4.60. The average molecular weight is 378 g/mol. The Bertz CT molecular complexity index is 684. The van der Waals surface area contributed by atoms with Crippen LogP contribution in [-0.2, 0) is 19.6 Å². The summed E-state index contributed by atoms with van der Waals surface area (Å²) in [6.07, 6.45) is 0. The Kier molecular flexibility index (Phi) is 5.46. The van der Waals surface area contributed by atoms with Gasteiger partial charge in [0.15, 0.2) is 0 Å². The molecule has 1 aromatic carbocycles. The Morgan fingerprint density at radius 3 is 1.48 bits per heavy atom. The maximum Gasteiger partial charge on any atom is 0.340 e. The van der Waals surface area contributed by atoms with Gasteiger partial charge < -0.3 is 9.47 Å². The standard InChI is InChI=1S/C10H7Cl3O7S/c1-19-9(14)3-5(11)4(10(15)20-2)7(13)8(6(3)12)21(16,17)18/h1-2H3,(H,16,17,18). The number of hydrogen-bond acceptors (Lipinski definition) is 6. The molecule has 0 aliphatic heterocycles. The second-order valence-electron chi connectivity index (χ2n) is 3.48. The van der Waals surface area contributed by atoms with Crippen LogP contribution in [0.3, 0.4) is 0 Å². The van der Waals surface area contributed by atoms with Crippen LogP contribution < -0.4 is 0 Å². The summed E-state index contributed by atoms with van der Waals surface area (Å²) in [5.74, 6) is -2.26. The SMILES string of the molecule is COC(=O)c1c(Cl)c(C(=O)OC)c(Cl)c(S(=O)(=O)O)c1Cl. The topological polar surface area (TPSA) is 107 Å². The summed E-state index contributed by atoms with van der Waals surface area (Å²) in [6, 6.07) is 0. The van der Waals surface area contributed by atoms with Crippen LogP contribution in [0.4, 0.5) is 0 Å². The molecule has 0 spiro atoms. The molecule has 116 valence electrons. The van der Waals surface area contributed by atoms with E-state index >= 15 is 0 Å². The summed E-state index contributed by atoms with van der Waals surface area (Å²) in [5, 5.41) is -2.10. The lowest BCUT2D eigenvalue weighted by molar-refractivity contribution is 0.0599. The zero-order chi connectivity index (χ0) is 16.5. The number of methoxy groups -OCH3 is 2. The molecule has 0 aliphatic carbocycles. The second-order valence-corrected chi connectivity index (χ2v) is 5.97. The van der Waals surface area contributed by atoms with Crippen molar-refractivity contribution in [1.82, 2.24) is 0 Å². The van der Waals surface area contributed by atoms with Crippen LogP contribution in [0.25, 0.3) is 0 Å². The fraction of sp³-hybridized carbons (Fsp3) is 0.200. The Morgan fingerprint density at radius 1 is 0.905 bits per heavy atom. The first-order valence-electron chi connectivity index (χ1n) is 4.92. The third kappa shape index (κ3) is 3.24. The van der Waals surface area contributed by atoms with Gasteiger partial charge in [0.2, 0.25) is 0 Å². The maximum atomic E-state index is 11.6. The van der Waals surface area contributed by atoms with Gasteiger partial charge in [0.05, 0.1) is 40.4 Å². The minimum absolute atomic E-state index is 0.559. The largest absolute Gasteiger partial charge is 0.465 e. The molecule has 0 radical (unpaired) electrons. The van der Waals surface area contributed by atoms with Gasteiger partial charge in [-0.05, 0) is 0 Å². The molecule has 0 saturated carbocycles. The van der Waals surface area contributed by atoms with Gasteiger partial charge in [0.25, 0.3) is 10.1 Å². The highest BCUT2D eigenvalue weighted by Crippen LogP contribution is 2.41. The average Bonchev–Trinajstić information content (AvgIpc) is 2.35. The van der Waals surface area contributed by atoms with Crippen LogP contribution in [0.1, 0.15) is 20.7 Å². The van der Waals surface area contributed by atoms with Gasteiger partial charge in [0, 0.05) is 0 Å². The van der Waals surface area contributed by atoms with Gasteiger partial charge in [-0.25, -0.2) is 9.59 Å². The van der Waals surface area contributed by atoms with Crippen LogP contribution in [0.5, 0.6) is 0 Å². The Labute approximate surface area is 134 Å². The van der Waals surface area contributed by atoms with E-state index in [0.29, 0.717) is 0 Å². The molecule has 1 N–H and O–H groups in total. The van der Waals surface area contributed by atoms with Crippen molar-refractivity contribution in [3.8, 4) is 0 Å². The van der Waals surface area contributed by atoms with E-state index in [1.54, 1.807) is 0 Å². The van der Waals surface area contributed by atoms with E-state index in [-0.39, 0.29) is 0 Å². The van der Waals surface area contributed by atoms with Gasteiger partial charge in [-0.2, -0.15) is 8.42 Å². The molecule has 7 nitrogen and oxygen atoms in total. The van der Waals surface area contributed by atoms with Gasteiger partial charge in [-0.1, -0.05) is 34.8 Å². The van der Waals surface area contributed by atoms with Crippen LogP contribution >= 0.6 is 34.8 Å². The number of carbonyl (C=O) groups is 2. The predicted molar refractivity (Wildman–Crippen MR) is 74.0 cm³/mol. The molecule has 0 amide bonds. The lowest BCUT2D eigenvalue weighted by Gasteiger charge is -2.14. The molecule has 11 heteroatoms. The molecule has 0 atom stereocenters. The van der Waals surface area contributed by atoms with E-state index in [4.69, 9.17) is 39.4 Å². The fourth-order valence-corrected chi connectivity index (χ4v) is 3.69. The first kappa shape index (κ1) is 18.0. The van der Waals surface area contributed by atoms with Crippen LogP contribution in [0.15, 0.2) is 4.90 Å². The van der Waals surface area contributed by atoms with E-state index < -0.39 is 53.1 Å². The molecular formula is C10H7Cl3O7S. The molecule has 0 saturated heterocycles. The van der Waals surface area contributed by atoms with Crippen molar-refractivity contribution in [1.29, 1.82) is 0 Å². The third-order valence-electron chi connectivity index (χ3n) is 2.31. The monoisotopic (exact) mass is 376 g/mol. The van der Waals surface area contributed by atoms with Crippen molar-refractivity contribution in [2.45, 2.75) is 4.90 Å². The lowest BCUT2D eigenvalue weighted by Crippen LogP contribution is -2.14. The summed E-state index contributed by atoms with van der Waals surface area (Å²) in [5.41, 5.74) is -1.28. The van der Waals surface area contributed by atoms with E-state index in [9.17, 15) is 18.0 Å². The summed E-state index contributed by atoms with van der Waals surface area (Å²) >= 11 is 17.3. The number of hydrogen-bond donors (Lipinski definition) is 1. The predicted octanol–water partition coefficient (Wildman–Crippen LogP) is 2.47. The number of rotatable bonds is 3. The molecule has 21 heavy (non-hydrogen) atoms. The van der Waals surface area contributed by atoms with Crippen LogP contribution in [-0.4, -0.2) is 39.1 Å². The Morgan fingerprint density at radius 2 is 1.24 bits per heavy atom. The van der Waals surface area contributed by atoms with Crippen molar-refractivity contribution in [3.05, 3.63) is 26.2 Å². The molecule has 1 rings (SSSR count). The van der Waals surface area contributed by atoms with Gasteiger partial charge in [0.1, 0.15) is 4.90 Å². The molecule has 0 aliphatic rings. The highest BCUT2D eigenvalue weighted by molar-refractivity contribution is 7.86. The Hall–Kier alpha value is -1.06. The first-order valence-corrected chi connectivity index (χ1v) is 7.49. The fourth-order valence-electron chi connectivity index (χ4n) is 1.43. The smallest absolute Gasteiger partial charge is 0.340 e. The number of carbonyl (C=O) groups excluding carboxylic acids is 2. The van der Waals surface area contributed by atoms with Crippen molar-refractivity contribution < 1.29 is 32.0 Å². The summed E-state index contributed by atoms with van der Waals surface area (Å²) in [4.78, 5) is 22.2. The Balaban J connectivity index is 4.02. The van der Waals surface area contributed by atoms with Gasteiger partial charge in [-0.15, -0.1) is 0 Å². The van der Waals surface area contributed by atoms with E-state index in [1.165, 1.54) is 0 Å².